The van der Waals surface area contributed by atoms with Crippen molar-refractivity contribution >= 4 is 32.9 Å². The number of carbonyl (C=O) groups is 1. The lowest BCUT2D eigenvalue weighted by molar-refractivity contribution is -0.114. The predicted octanol–water partition coefficient (Wildman–Crippen LogP) is 2.10. The molecule has 0 aliphatic carbocycles. The SMILES string of the molecule is CCCS(=O)(=O)NC(=O)C=Cc1ccnc2ccccc12. The number of amides is 1. The lowest BCUT2D eigenvalue weighted by Gasteiger charge is -2.03. The maximum Gasteiger partial charge on any atom is 0.257 e. The smallest absolute Gasteiger partial charge is 0.257 e. The molecule has 0 radical (unpaired) electrons. The molecule has 0 saturated carbocycles. The Morgan fingerprint density at radius 2 is 2.05 bits per heavy atom. The van der Waals surface area contributed by atoms with Crippen LogP contribution in [0.2, 0.25) is 0 Å². The summed E-state index contributed by atoms with van der Waals surface area (Å²) in [6, 6.07) is 9.30. The zero-order valence-electron chi connectivity index (χ0n) is 11.6. The Hall–Kier alpha value is -2.21. The number of benzene rings is 1. The number of nitrogens with zero attached hydrogens (tertiary/aromatic N) is 1. The van der Waals surface area contributed by atoms with E-state index in [2.05, 4.69) is 4.98 Å². The van der Waals surface area contributed by atoms with Crippen LogP contribution in [0.4, 0.5) is 0 Å². The van der Waals surface area contributed by atoms with Gasteiger partial charge in [-0.3, -0.25) is 9.78 Å². The molecule has 0 saturated heterocycles. The van der Waals surface area contributed by atoms with Gasteiger partial charge in [-0.25, -0.2) is 13.1 Å². The van der Waals surface area contributed by atoms with E-state index in [9.17, 15) is 13.2 Å². The number of para-hydroxylation sites is 1. The van der Waals surface area contributed by atoms with Gasteiger partial charge in [-0.1, -0.05) is 25.1 Å². The van der Waals surface area contributed by atoms with Crippen LogP contribution in [0.15, 0.2) is 42.6 Å². The normalized spacial score (nSPS) is 11.9. The first-order valence-corrected chi connectivity index (χ1v) is 8.23. The van der Waals surface area contributed by atoms with Crippen LogP contribution in [-0.4, -0.2) is 25.1 Å². The fourth-order valence-electron chi connectivity index (χ4n) is 1.94. The van der Waals surface area contributed by atoms with Crippen molar-refractivity contribution in [2.24, 2.45) is 0 Å². The van der Waals surface area contributed by atoms with Crippen molar-refractivity contribution in [3.63, 3.8) is 0 Å². The predicted molar refractivity (Wildman–Crippen MR) is 83.0 cm³/mol. The van der Waals surface area contributed by atoms with Gasteiger partial charge in [-0.15, -0.1) is 0 Å². The highest BCUT2D eigenvalue weighted by atomic mass is 32.2. The quantitative estimate of drug-likeness (QED) is 0.858. The summed E-state index contributed by atoms with van der Waals surface area (Å²) in [4.78, 5) is 15.9. The number of nitrogens with one attached hydrogen (secondary N) is 1. The summed E-state index contributed by atoms with van der Waals surface area (Å²) in [5, 5.41) is 0.903. The number of sulfonamides is 1. The third-order valence-corrected chi connectivity index (χ3v) is 4.28. The number of pyridine rings is 1. The minimum absolute atomic E-state index is 0.0647. The number of hydrogen-bond acceptors (Lipinski definition) is 4. The van der Waals surface area contributed by atoms with Crippen LogP contribution in [0, 0.1) is 0 Å². The molecule has 1 N–H and O–H groups in total. The third kappa shape index (κ3) is 4.13. The summed E-state index contributed by atoms with van der Waals surface area (Å²) >= 11 is 0. The van der Waals surface area contributed by atoms with Gasteiger partial charge < -0.3 is 0 Å². The van der Waals surface area contributed by atoms with Gasteiger partial charge in [0, 0.05) is 17.7 Å². The van der Waals surface area contributed by atoms with Gasteiger partial charge in [0.1, 0.15) is 0 Å². The topological polar surface area (TPSA) is 76.1 Å². The molecule has 1 aromatic carbocycles. The van der Waals surface area contributed by atoms with Gasteiger partial charge in [0.25, 0.3) is 5.91 Å². The summed E-state index contributed by atoms with van der Waals surface area (Å²) in [5.74, 6) is -0.713. The van der Waals surface area contributed by atoms with E-state index in [0.717, 1.165) is 16.5 Å². The maximum absolute atomic E-state index is 11.7. The average molecular weight is 304 g/mol. The Balaban J connectivity index is 2.18. The molecule has 5 nitrogen and oxygen atoms in total. The molecule has 6 heteroatoms. The van der Waals surface area contributed by atoms with Crippen molar-refractivity contribution in [2.75, 3.05) is 5.75 Å². The Morgan fingerprint density at radius 1 is 1.29 bits per heavy atom. The summed E-state index contributed by atoms with van der Waals surface area (Å²) < 4.78 is 25.0. The summed E-state index contributed by atoms with van der Waals surface area (Å²) in [6.45, 7) is 1.74. The van der Waals surface area contributed by atoms with Crippen LogP contribution >= 0.6 is 0 Å². The Kier molecular flexibility index (Phi) is 4.70. The number of rotatable bonds is 5. The first kappa shape index (κ1) is 15.2. The van der Waals surface area contributed by atoms with Crippen molar-refractivity contribution in [3.8, 4) is 0 Å². The van der Waals surface area contributed by atoms with Gasteiger partial charge in [0.05, 0.1) is 11.3 Å². The molecule has 1 amide bonds. The second kappa shape index (κ2) is 6.49. The molecule has 1 heterocycles. The highest BCUT2D eigenvalue weighted by Gasteiger charge is 2.10. The van der Waals surface area contributed by atoms with E-state index in [0.29, 0.717) is 6.42 Å². The first-order valence-electron chi connectivity index (χ1n) is 6.58. The van der Waals surface area contributed by atoms with E-state index in [1.165, 1.54) is 6.08 Å². The van der Waals surface area contributed by atoms with E-state index in [1.807, 2.05) is 29.0 Å². The zero-order chi connectivity index (χ0) is 15.3. The molecule has 21 heavy (non-hydrogen) atoms. The van der Waals surface area contributed by atoms with Crippen molar-refractivity contribution < 1.29 is 13.2 Å². The van der Waals surface area contributed by atoms with E-state index in [-0.39, 0.29) is 5.75 Å². The van der Waals surface area contributed by atoms with Crippen LogP contribution in [0.5, 0.6) is 0 Å². The average Bonchev–Trinajstić information content (AvgIpc) is 2.44. The van der Waals surface area contributed by atoms with E-state index in [1.54, 1.807) is 25.3 Å². The van der Waals surface area contributed by atoms with Crippen molar-refractivity contribution in [3.05, 3.63) is 48.2 Å². The number of carbonyl (C=O) groups excluding carboxylic acids is 1. The Bertz CT molecular complexity index is 777. The van der Waals surface area contributed by atoms with Gasteiger partial charge in [-0.2, -0.15) is 0 Å². The molecule has 110 valence electrons. The maximum atomic E-state index is 11.7. The fraction of sp³-hybridized carbons (Fsp3) is 0.200. The lowest BCUT2D eigenvalue weighted by atomic mass is 10.1. The summed E-state index contributed by atoms with van der Waals surface area (Å²) in [7, 11) is -3.54. The minimum Gasteiger partial charge on any atom is -0.269 e. The molecular formula is C15H16N2O3S. The number of aromatic nitrogens is 1. The van der Waals surface area contributed by atoms with E-state index < -0.39 is 15.9 Å². The van der Waals surface area contributed by atoms with Gasteiger partial charge >= 0.3 is 0 Å². The van der Waals surface area contributed by atoms with Crippen LogP contribution in [0.3, 0.4) is 0 Å². The van der Waals surface area contributed by atoms with Crippen molar-refractivity contribution in [1.29, 1.82) is 0 Å². The highest BCUT2D eigenvalue weighted by Crippen LogP contribution is 2.17. The summed E-state index contributed by atoms with van der Waals surface area (Å²) in [5.41, 5.74) is 1.63. The first-order chi connectivity index (χ1) is 10.0. The minimum atomic E-state index is -3.54. The van der Waals surface area contributed by atoms with E-state index in [4.69, 9.17) is 0 Å². The molecule has 0 atom stereocenters. The Labute approximate surface area is 123 Å². The molecule has 0 aliphatic heterocycles. The highest BCUT2D eigenvalue weighted by molar-refractivity contribution is 7.90. The fourth-order valence-corrected chi connectivity index (χ4v) is 2.95. The van der Waals surface area contributed by atoms with Crippen LogP contribution in [0.1, 0.15) is 18.9 Å². The lowest BCUT2D eigenvalue weighted by Crippen LogP contribution is -2.30. The Morgan fingerprint density at radius 3 is 2.81 bits per heavy atom. The molecule has 0 spiro atoms. The van der Waals surface area contributed by atoms with E-state index >= 15 is 0 Å². The molecule has 0 unspecified atom stereocenters. The third-order valence-electron chi connectivity index (χ3n) is 2.83. The van der Waals surface area contributed by atoms with Gasteiger partial charge in [0.2, 0.25) is 10.0 Å². The molecule has 0 bridgehead atoms. The molecule has 1 aromatic heterocycles. The van der Waals surface area contributed by atoms with Gasteiger partial charge in [-0.05, 0) is 30.2 Å². The van der Waals surface area contributed by atoms with Crippen molar-refractivity contribution in [2.45, 2.75) is 13.3 Å². The van der Waals surface area contributed by atoms with Crippen LogP contribution < -0.4 is 4.72 Å². The number of hydrogen-bond donors (Lipinski definition) is 1. The van der Waals surface area contributed by atoms with Crippen molar-refractivity contribution in [1.82, 2.24) is 9.71 Å². The second-order valence-electron chi connectivity index (χ2n) is 4.54. The summed E-state index contributed by atoms with van der Waals surface area (Å²) in [6.07, 6.45) is 4.91. The molecule has 0 aliphatic rings. The monoisotopic (exact) mass is 304 g/mol. The number of fused-ring (bicyclic) bond motifs is 1. The van der Waals surface area contributed by atoms with Crippen LogP contribution in [0.25, 0.3) is 17.0 Å². The molecule has 2 rings (SSSR count). The zero-order valence-corrected chi connectivity index (χ0v) is 12.4. The second-order valence-corrected chi connectivity index (χ2v) is 6.38. The molecule has 0 fully saturated rings. The van der Waals surface area contributed by atoms with Gasteiger partial charge in [0.15, 0.2) is 0 Å². The van der Waals surface area contributed by atoms with Crippen LogP contribution in [-0.2, 0) is 14.8 Å². The largest absolute Gasteiger partial charge is 0.269 e. The molecule has 2 aromatic rings. The molecular weight excluding hydrogens is 288 g/mol. The standard InChI is InChI=1S/C15H16N2O3S/c1-2-11-21(19,20)17-15(18)8-7-12-9-10-16-14-6-4-3-5-13(12)14/h3-10H,2,11H2,1H3,(H,17,18).